The zero-order valence-electron chi connectivity index (χ0n) is 11.3. The molecule has 0 saturated carbocycles. The van der Waals surface area contributed by atoms with Gasteiger partial charge in [-0.1, -0.05) is 56.1 Å². The number of hydrogen-bond acceptors (Lipinski definition) is 3. The number of hydrogen-bond donors (Lipinski definition) is 0. The molecular weight excluding hydrogens is 408 g/mol. The fourth-order valence-corrected chi connectivity index (χ4v) is 3.03. The monoisotopic (exact) mass is 416 g/mol. The van der Waals surface area contributed by atoms with E-state index in [0.29, 0.717) is 16.7 Å². The molecule has 2 aromatic rings. The van der Waals surface area contributed by atoms with Gasteiger partial charge in [0.05, 0.1) is 32.9 Å². The molecule has 0 saturated heterocycles. The Kier molecular flexibility index (Phi) is 5.49. The van der Waals surface area contributed by atoms with Gasteiger partial charge in [-0.05, 0) is 29.8 Å². The number of nitriles is 2. The SMILES string of the molecule is N#Cc1ccc(C(=O)[C@@H](Br)[C@@H](Br)c2ccc(C#N)cc2)cc1. The summed E-state index contributed by atoms with van der Waals surface area (Å²) in [6, 6.07) is 17.7. The van der Waals surface area contributed by atoms with E-state index in [0.717, 1.165) is 5.56 Å². The molecule has 0 fully saturated rings. The molecule has 108 valence electrons. The van der Waals surface area contributed by atoms with Gasteiger partial charge >= 0.3 is 0 Å². The minimum absolute atomic E-state index is 0.0734. The molecule has 0 N–H and O–H groups in total. The highest BCUT2D eigenvalue weighted by Crippen LogP contribution is 2.33. The fraction of sp³-hybridized carbons (Fsp3) is 0.118. The van der Waals surface area contributed by atoms with Crippen LogP contribution in [0.15, 0.2) is 48.5 Å². The summed E-state index contributed by atoms with van der Waals surface area (Å²) in [6.45, 7) is 0. The molecule has 0 heterocycles. The van der Waals surface area contributed by atoms with Crippen molar-refractivity contribution in [2.24, 2.45) is 0 Å². The predicted octanol–water partition coefficient (Wildman–Crippen LogP) is 4.51. The lowest BCUT2D eigenvalue weighted by Gasteiger charge is -2.16. The summed E-state index contributed by atoms with van der Waals surface area (Å²) in [5.41, 5.74) is 2.54. The van der Waals surface area contributed by atoms with Crippen LogP contribution in [0.3, 0.4) is 0 Å². The quantitative estimate of drug-likeness (QED) is 0.542. The standard InChI is InChI=1S/C17H10Br2N2O/c18-15(13-5-1-11(9-20)2-6-13)16(19)17(22)14-7-3-12(10-21)4-8-14/h1-8,15-16H/t15-,16-/m0/s1. The van der Waals surface area contributed by atoms with Crippen LogP contribution in [0.25, 0.3) is 0 Å². The van der Waals surface area contributed by atoms with Crippen molar-refractivity contribution >= 4 is 37.6 Å². The summed E-state index contributed by atoms with van der Waals surface area (Å²) in [6.07, 6.45) is 0. The zero-order chi connectivity index (χ0) is 16.1. The van der Waals surface area contributed by atoms with Gasteiger partial charge in [0, 0.05) is 5.56 Å². The Morgan fingerprint density at radius 2 is 1.32 bits per heavy atom. The van der Waals surface area contributed by atoms with Gasteiger partial charge in [-0.2, -0.15) is 10.5 Å². The first-order chi connectivity index (χ1) is 10.6. The van der Waals surface area contributed by atoms with Gasteiger partial charge < -0.3 is 0 Å². The van der Waals surface area contributed by atoms with Gasteiger partial charge in [0.25, 0.3) is 0 Å². The number of alkyl halides is 2. The Labute approximate surface area is 145 Å². The normalized spacial score (nSPS) is 12.7. The molecule has 2 aromatic carbocycles. The van der Waals surface area contributed by atoms with E-state index >= 15 is 0 Å². The molecule has 0 amide bonds. The van der Waals surface area contributed by atoms with Gasteiger partial charge in [-0.15, -0.1) is 0 Å². The van der Waals surface area contributed by atoms with Crippen molar-refractivity contribution in [3.63, 3.8) is 0 Å². The minimum Gasteiger partial charge on any atom is -0.293 e. The van der Waals surface area contributed by atoms with E-state index in [-0.39, 0.29) is 10.6 Å². The largest absolute Gasteiger partial charge is 0.293 e. The third-order valence-electron chi connectivity index (χ3n) is 3.16. The van der Waals surface area contributed by atoms with Crippen molar-refractivity contribution in [2.45, 2.75) is 9.65 Å². The van der Waals surface area contributed by atoms with E-state index in [9.17, 15) is 4.79 Å². The van der Waals surface area contributed by atoms with Crippen molar-refractivity contribution < 1.29 is 4.79 Å². The molecular formula is C17H10Br2N2O. The number of nitrogens with zero attached hydrogens (tertiary/aromatic N) is 2. The molecule has 22 heavy (non-hydrogen) atoms. The maximum absolute atomic E-state index is 12.5. The zero-order valence-corrected chi connectivity index (χ0v) is 14.5. The summed E-state index contributed by atoms with van der Waals surface area (Å²) >= 11 is 6.95. The first-order valence-electron chi connectivity index (χ1n) is 6.39. The van der Waals surface area contributed by atoms with Crippen LogP contribution in [-0.2, 0) is 0 Å². The summed E-state index contributed by atoms with van der Waals surface area (Å²) in [5, 5.41) is 17.6. The van der Waals surface area contributed by atoms with Crippen LogP contribution in [0.1, 0.15) is 31.9 Å². The molecule has 2 atom stereocenters. The second-order valence-corrected chi connectivity index (χ2v) is 6.56. The molecule has 0 bridgehead atoms. The van der Waals surface area contributed by atoms with Crippen LogP contribution in [0, 0.1) is 22.7 Å². The van der Waals surface area contributed by atoms with Crippen LogP contribution in [0.2, 0.25) is 0 Å². The molecule has 0 aliphatic rings. The van der Waals surface area contributed by atoms with Crippen molar-refractivity contribution in [1.29, 1.82) is 10.5 Å². The number of Topliss-reactive ketones (excluding diaryl/α,β-unsaturated/α-hetero) is 1. The van der Waals surface area contributed by atoms with E-state index in [4.69, 9.17) is 10.5 Å². The molecule has 0 radical (unpaired) electrons. The first-order valence-corrected chi connectivity index (χ1v) is 8.22. The molecule has 3 nitrogen and oxygen atoms in total. The van der Waals surface area contributed by atoms with Crippen molar-refractivity contribution in [3.05, 3.63) is 70.8 Å². The lowest BCUT2D eigenvalue weighted by Crippen LogP contribution is -2.19. The lowest BCUT2D eigenvalue weighted by molar-refractivity contribution is 0.0991. The highest BCUT2D eigenvalue weighted by molar-refractivity contribution is 9.12. The van der Waals surface area contributed by atoms with E-state index in [1.807, 2.05) is 18.2 Å². The smallest absolute Gasteiger partial charge is 0.177 e. The average molecular weight is 418 g/mol. The summed E-state index contributed by atoms with van der Waals surface area (Å²) in [7, 11) is 0. The topological polar surface area (TPSA) is 64.7 Å². The van der Waals surface area contributed by atoms with E-state index in [1.54, 1.807) is 36.4 Å². The Morgan fingerprint density at radius 3 is 1.77 bits per heavy atom. The van der Waals surface area contributed by atoms with Crippen molar-refractivity contribution in [2.75, 3.05) is 0 Å². The molecule has 0 aliphatic carbocycles. The maximum atomic E-state index is 12.5. The third kappa shape index (κ3) is 3.62. The van der Waals surface area contributed by atoms with Crippen molar-refractivity contribution in [3.8, 4) is 12.1 Å². The van der Waals surface area contributed by atoms with Crippen molar-refractivity contribution in [1.82, 2.24) is 0 Å². The summed E-state index contributed by atoms with van der Waals surface area (Å²) in [4.78, 5) is 11.8. The fourth-order valence-electron chi connectivity index (χ4n) is 1.91. The second-order valence-electron chi connectivity index (χ2n) is 4.59. The summed E-state index contributed by atoms with van der Waals surface area (Å²) < 4.78 is 0. The molecule has 2 rings (SSSR count). The van der Waals surface area contributed by atoms with Gasteiger partial charge in [0.15, 0.2) is 5.78 Å². The average Bonchev–Trinajstić information content (AvgIpc) is 2.60. The first kappa shape index (κ1) is 16.4. The molecule has 5 heteroatoms. The molecule has 0 aromatic heterocycles. The highest BCUT2D eigenvalue weighted by Gasteiger charge is 2.26. The van der Waals surface area contributed by atoms with Crippen LogP contribution in [-0.4, -0.2) is 10.6 Å². The van der Waals surface area contributed by atoms with Crippen LogP contribution >= 0.6 is 31.9 Å². The van der Waals surface area contributed by atoms with Crippen LogP contribution in [0.4, 0.5) is 0 Å². The van der Waals surface area contributed by atoms with Gasteiger partial charge in [0.2, 0.25) is 0 Å². The van der Waals surface area contributed by atoms with E-state index in [2.05, 4.69) is 37.9 Å². The number of carbonyl (C=O) groups excluding carboxylic acids is 1. The predicted molar refractivity (Wildman–Crippen MR) is 91.0 cm³/mol. The molecule has 0 aliphatic heterocycles. The number of benzene rings is 2. The number of ketones is 1. The summed E-state index contributed by atoms with van der Waals surface area (Å²) in [5.74, 6) is -0.0734. The Bertz CT molecular complexity index is 755. The number of carbonyl (C=O) groups is 1. The van der Waals surface area contributed by atoms with Gasteiger partial charge in [-0.25, -0.2) is 0 Å². The minimum atomic E-state index is -0.451. The number of halogens is 2. The van der Waals surface area contributed by atoms with Crippen LogP contribution in [0.5, 0.6) is 0 Å². The lowest BCUT2D eigenvalue weighted by atomic mass is 10.0. The van der Waals surface area contributed by atoms with Gasteiger partial charge in [-0.3, -0.25) is 4.79 Å². The highest BCUT2D eigenvalue weighted by atomic mass is 79.9. The molecule has 0 spiro atoms. The van der Waals surface area contributed by atoms with Gasteiger partial charge in [0.1, 0.15) is 0 Å². The Balaban J connectivity index is 2.18. The molecule has 0 unspecified atom stereocenters. The van der Waals surface area contributed by atoms with E-state index in [1.165, 1.54) is 0 Å². The Hall–Kier alpha value is -1.95. The number of rotatable bonds is 4. The third-order valence-corrected chi connectivity index (χ3v) is 5.88. The van der Waals surface area contributed by atoms with Crippen LogP contribution < -0.4 is 0 Å². The Morgan fingerprint density at radius 1 is 0.864 bits per heavy atom. The maximum Gasteiger partial charge on any atom is 0.177 e. The second kappa shape index (κ2) is 7.35. The van der Waals surface area contributed by atoms with E-state index < -0.39 is 4.83 Å².